The molecule has 0 aliphatic rings. The predicted molar refractivity (Wildman–Crippen MR) is 79.4 cm³/mol. The van der Waals surface area contributed by atoms with Gasteiger partial charge in [0.05, 0.1) is 7.11 Å². The number of aromatic nitrogens is 1. The van der Waals surface area contributed by atoms with Crippen molar-refractivity contribution in [3.8, 4) is 0 Å². The van der Waals surface area contributed by atoms with Gasteiger partial charge in [0.25, 0.3) is 0 Å². The maximum atomic E-state index is 11.5. The number of anilines is 1. The van der Waals surface area contributed by atoms with Crippen molar-refractivity contribution in [2.24, 2.45) is 0 Å². The molecule has 0 unspecified atom stereocenters. The number of rotatable bonds is 2. The average molecular weight is 302 g/mol. The van der Waals surface area contributed by atoms with Crippen molar-refractivity contribution in [1.82, 2.24) is 4.37 Å². The van der Waals surface area contributed by atoms with Gasteiger partial charge in [-0.2, -0.15) is 4.37 Å². The van der Waals surface area contributed by atoms with Crippen LogP contribution >= 0.6 is 11.5 Å². The fourth-order valence-corrected chi connectivity index (χ4v) is 1.89. The minimum absolute atomic E-state index is 0.314. The summed E-state index contributed by atoms with van der Waals surface area (Å²) in [7, 11) is 1.29. The first-order valence-electron chi connectivity index (χ1n) is 6.29. The van der Waals surface area contributed by atoms with Crippen LogP contribution in [0.3, 0.4) is 0 Å². The Morgan fingerprint density at radius 1 is 1.25 bits per heavy atom. The molecule has 1 N–H and O–H groups in total. The summed E-state index contributed by atoms with van der Waals surface area (Å²) in [6.45, 7) is 11.0. The molecule has 1 aromatic rings. The summed E-state index contributed by atoms with van der Waals surface area (Å²) >= 11 is 0.974. The summed E-state index contributed by atoms with van der Waals surface area (Å²) in [6, 6.07) is 0. The molecule has 1 amide bonds. The second-order valence-electron chi connectivity index (χ2n) is 4.60. The fraction of sp³-hybridized carbons (Fsp3) is 0.615. The van der Waals surface area contributed by atoms with Gasteiger partial charge in [0.2, 0.25) is 0 Å². The van der Waals surface area contributed by atoms with Crippen molar-refractivity contribution in [3.05, 3.63) is 10.4 Å². The van der Waals surface area contributed by atoms with Crippen LogP contribution in [0.2, 0.25) is 0 Å². The van der Waals surface area contributed by atoms with Crippen LogP contribution in [0.4, 0.5) is 10.6 Å². The van der Waals surface area contributed by atoms with Gasteiger partial charge in [-0.25, -0.2) is 9.59 Å². The smallest absolute Gasteiger partial charge is 0.413 e. The largest absolute Gasteiger partial charge is 0.465 e. The van der Waals surface area contributed by atoms with Gasteiger partial charge in [-0.1, -0.05) is 13.8 Å². The zero-order chi connectivity index (χ0) is 15.9. The summed E-state index contributed by atoms with van der Waals surface area (Å²) in [5.74, 6) is -0.156. The Bertz CT molecular complexity index is 463. The highest BCUT2D eigenvalue weighted by molar-refractivity contribution is 7.08. The van der Waals surface area contributed by atoms with Crippen molar-refractivity contribution in [3.63, 3.8) is 0 Å². The van der Waals surface area contributed by atoms with E-state index < -0.39 is 17.7 Å². The third-order valence-corrected chi connectivity index (χ3v) is 2.84. The Morgan fingerprint density at radius 3 is 2.25 bits per heavy atom. The van der Waals surface area contributed by atoms with Crippen molar-refractivity contribution < 1.29 is 19.1 Å². The van der Waals surface area contributed by atoms with E-state index in [1.807, 2.05) is 13.8 Å². The maximum absolute atomic E-state index is 11.5. The lowest BCUT2D eigenvalue weighted by Gasteiger charge is -2.19. The van der Waals surface area contributed by atoms with E-state index in [1.54, 1.807) is 27.7 Å². The monoisotopic (exact) mass is 302 g/mol. The van der Waals surface area contributed by atoms with E-state index in [4.69, 9.17) is 4.74 Å². The quantitative estimate of drug-likeness (QED) is 0.844. The van der Waals surface area contributed by atoms with Crippen LogP contribution in [0.15, 0.2) is 0 Å². The standard InChI is InChI=1S/C11H16N2O4S.C2H6/c1-6-7(9(14)16-5)18-13-8(6)12-10(15)17-11(2,3)4;1-2/h1-5H3,(H,12,13,15);1-2H3. The highest BCUT2D eigenvalue weighted by Crippen LogP contribution is 2.23. The number of carbonyl (C=O) groups excluding carboxylic acids is 2. The van der Waals surface area contributed by atoms with Gasteiger partial charge in [-0.3, -0.25) is 5.32 Å². The van der Waals surface area contributed by atoms with Gasteiger partial charge in [0.15, 0.2) is 5.82 Å². The minimum atomic E-state index is -0.604. The van der Waals surface area contributed by atoms with Gasteiger partial charge < -0.3 is 9.47 Å². The lowest BCUT2D eigenvalue weighted by atomic mass is 10.2. The van der Waals surface area contributed by atoms with Gasteiger partial charge in [-0.15, -0.1) is 0 Å². The topological polar surface area (TPSA) is 77.5 Å². The number of esters is 1. The molecule has 0 aliphatic carbocycles. The number of hydrogen-bond acceptors (Lipinski definition) is 6. The predicted octanol–water partition coefficient (Wildman–Crippen LogP) is 3.61. The number of carbonyl (C=O) groups is 2. The SMILES string of the molecule is CC.COC(=O)c1snc(NC(=O)OC(C)(C)C)c1C. The number of nitrogens with one attached hydrogen (secondary N) is 1. The second kappa shape index (κ2) is 7.84. The van der Waals surface area contributed by atoms with Crippen molar-refractivity contribution in [2.75, 3.05) is 12.4 Å². The molecule has 1 aromatic heterocycles. The summed E-state index contributed by atoms with van der Waals surface area (Å²) < 4.78 is 13.7. The Balaban J connectivity index is 0.00000172. The number of nitrogens with zero attached hydrogens (tertiary/aromatic N) is 1. The molecule has 0 bridgehead atoms. The molecule has 7 heteroatoms. The first-order chi connectivity index (χ1) is 9.24. The summed E-state index contributed by atoms with van der Waals surface area (Å²) in [5.41, 5.74) is -0.0168. The summed E-state index contributed by atoms with van der Waals surface area (Å²) in [4.78, 5) is 23.3. The zero-order valence-corrected chi connectivity index (χ0v) is 13.8. The molecule has 0 fully saturated rings. The zero-order valence-electron chi connectivity index (χ0n) is 13.0. The molecule has 6 nitrogen and oxygen atoms in total. The van der Waals surface area contributed by atoms with E-state index in [2.05, 4.69) is 14.4 Å². The molecule has 0 atom stereocenters. The van der Waals surface area contributed by atoms with Crippen LogP contribution in [-0.2, 0) is 9.47 Å². The first kappa shape index (κ1) is 18.4. The van der Waals surface area contributed by atoms with E-state index in [1.165, 1.54) is 7.11 Å². The molecule has 1 heterocycles. The summed E-state index contributed by atoms with van der Waals surface area (Å²) in [6.07, 6.45) is -0.604. The lowest BCUT2D eigenvalue weighted by Crippen LogP contribution is -2.27. The van der Waals surface area contributed by atoms with Crippen LogP contribution < -0.4 is 5.32 Å². The number of amides is 1. The van der Waals surface area contributed by atoms with Crippen LogP contribution in [-0.4, -0.2) is 29.1 Å². The van der Waals surface area contributed by atoms with Crippen molar-refractivity contribution in [2.45, 2.75) is 47.1 Å². The second-order valence-corrected chi connectivity index (χ2v) is 5.38. The van der Waals surface area contributed by atoms with E-state index >= 15 is 0 Å². The maximum Gasteiger partial charge on any atom is 0.413 e. The molecule has 0 aromatic carbocycles. The highest BCUT2D eigenvalue weighted by Gasteiger charge is 2.21. The van der Waals surface area contributed by atoms with Gasteiger partial charge >= 0.3 is 12.1 Å². The normalized spacial score (nSPS) is 10.2. The Morgan fingerprint density at radius 2 is 1.80 bits per heavy atom. The van der Waals surface area contributed by atoms with Gasteiger partial charge in [0, 0.05) is 5.56 Å². The molecular weight excluding hydrogens is 280 g/mol. The van der Waals surface area contributed by atoms with E-state index in [-0.39, 0.29) is 0 Å². The van der Waals surface area contributed by atoms with E-state index in [9.17, 15) is 9.59 Å². The van der Waals surface area contributed by atoms with Crippen molar-refractivity contribution >= 4 is 29.4 Å². The highest BCUT2D eigenvalue weighted by atomic mass is 32.1. The molecule has 20 heavy (non-hydrogen) atoms. The van der Waals surface area contributed by atoms with Crippen LogP contribution in [0.1, 0.15) is 49.9 Å². The third-order valence-electron chi connectivity index (χ3n) is 1.91. The Kier molecular flexibility index (Phi) is 7.20. The first-order valence-corrected chi connectivity index (χ1v) is 7.06. The molecule has 0 saturated heterocycles. The number of hydrogen-bond donors (Lipinski definition) is 1. The molecule has 0 saturated carbocycles. The molecular formula is C13H22N2O4S. The molecule has 1 rings (SSSR count). The molecule has 0 aliphatic heterocycles. The van der Waals surface area contributed by atoms with E-state index in [0.717, 1.165) is 11.5 Å². The van der Waals surface area contributed by atoms with Crippen LogP contribution in [0, 0.1) is 6.92 Å². The van der Waals surface area contributed by atoms with Crippen LogP contribution in [0.25, 0.3) is 0 Å². The Hall–Kier alpha value is -1.63. The van der Waals surface area contributed by atoms with Gasteiger partial charge in [-0.05, 0) is 39.2 Å². The number of methoxy groups -OCH3 is 1. The van der Waals surface area contributed by atoms with E-state index in [0.29, 0.717) is 16.3 Å². The summed E-state index contributed by atoms with van der Waals surface area (Å²) in [5, 5.41) is 2.50. The van der Waals surface area contributed by atoms with Crippen LogP contribution in [0.5, 0.6) is 0 Å². The fourth-order valence-electron chi connectivity index (χ4n) is 1.14. The molecule has 0 radical (unpaired) electrons. The molecule has 0 spiro atoms. The minimum Gasteiger partial charge on any atom is -0.465 e. The Labute approximate surface area is 123 Å². The molecule has 114 valence electrons. The average Bonchev–Trinajstić information content (AvgIpc) is 2.70. The van der Waals surface area contributed by atoms with Crippen molar-refractivity contribution in [1.29, 1.82) is 0 Å². The lowest BCUT2D eigenvalue weighted by molar-refractivity contribution is 0.0600. The number of ether oxygens (including phenoxy) is 2. The van der Waals surface area contributed by atoms with Gasteiger partial charge in [0.1, 0.15) is 10.5 Å². The third kappa shape index (κ3) is 5.56.